The van der Waals surface area contributed by atoms with E-state index in [0.29, 0.717) is 5.75 Å². The second-order valence-corrected chi connectivity index (χ2v) is 5.94. The van der Waals surface area contributed by atoms with Gasteiger partial charge in [-0.3, -0.25) is 9.59 Å². The van der Waals surface area contributed by atoms with Gasteiger partial charge in [-0.1, -0.05) is 24.3 Å². The van der Waals surface area contributed by atoms with Gasteiger partial charge in [0.25, 0.3) is 0 Å². The summed E-state index contributed by atoms with van der Waals surface area (Å²) in [6, 6.07) is 13.1. The van der Waals surface area contributed by atoms with Gasteiger partial charge in [0.2, 0.25) is 11.8 Å². The topological polar surface area (TPSA) is 79.8 Å². The fourth-order valence-electron chi connectivity index (χ4n) is 2.27. The first-order chi connectivity index (χ1) is 12.5. The predicted octanol–water partition coefficient (Wildman–Crippen LogP) is 3.18. The maximum absolute atomic E-state index is 12.0. The number of ether oxygens (including phenoxy) is 1. The summed E-state index contributed by atoms with van der Waals surface area (Å²) < 4.78 is 5.12. The summed E-state index contributed by atoms with van der Waals surface area (Å²) >= 11 is 0. The number of nitrogens with zero attached hydrogens (tertiary/aromatic N) is 1. The van der Waals surface area contributed by atoms with E-state index < -0.39 is 0 Å². The molecule has 0 aliphatic rings. The van der Waals surface area contributed by atoms with Crippen molar-refractivity contribution in [3.05, 3.63) is 59.2 Å². The van der Waals surface area contributed by atoms with E-state index in [1.807, 2.05) is 50.2 Å². The number of carbonyl (C=O) groups is 2. The summed E-state index contributed by atoms with van der Waals surface area (Å²) in [4.78, 5) is 23.8. The van der Waals surface area contributed by atoms with Crippen LogP contribution in [0.15, 0.2) is 47.6 Å². The van der Waals surface area contributed by atoms with E-state index in [9.17, 15) is 9.59 Å². The van der Waals surface area contributed by atoms with Gasteiger partial charge in [-0.25, -0.2) is 5.43 Å². The summed E-state index contributed by atoms with van der Waals surface area (Å²) in [6.07, 6.45) is 1.68. The minimum atomic E-state index is -0.319. The number of hydrogen-bond donors (Lipinski definition) is 2. The number of hydrogen-bond acceptors (Lipinski definition) is 4. The summed E-state index contributed by atoms with van der Waals surface area (Å²) in [7, 11) is 1.58. The number of anilines is 1. The van der Waals surface area contributed by atoms with E-state index >= 15 is 0 Å². The predicted molar refractivity (Wildman–Crippen MR) is 103 cm³/mol. The Morgan fingerprint density at radius 3 is 2.62 bits per heavy atom. The maximum atomic E-state index is 12.0. The van der Waals surface area contributed by atoms with Crippen LogP contribution in [0.5, 0.6) is 5.75 Å². The van der Waals surface area contributed by atoms with Crippen LogP contribution in [-0.2, 0) is 9.59 Å². The lowest BCUT2D eigenvalue weighted by atomic mass is 10.1. The number of nitrogens with one attached hydrogen (secondary N) is 2. The first-order valence-electron chi connectivity index (χ1n) is 8.31. The summed E-state index contributed by atoms with van der Waals surface area (Å²) in [5.41, 5.74) is 6.04. The Bertz CT molecular complexity index is 816. The molecule has 0 saturated heterocycles. The Kier molecular flexibility index (Phi) is 6.91. The number of rotatable bonds is 7. The third-order valence-corrected chi connectivity index (χ3v) is 3.74. The minimum absolute atomic E-state index is 0.0617. The zero-order valence-corrected chi connectivity index (χ0v) is 15.2. The van der Waals surface area contributed by atoms with E-state index in [1.54, 1.807) is 13.2 Å². The van der Waals surface area contributed by atoms with Crippen molar-refractivity contribution in [3.8, 4) is 5.75 Å². The quantitative estimate of drug-likeness (QED) is 0.593. The summed E-state index contributed by atoms with van der Waals surface area (Å²) in [5.74, 6) is 0.189. The molecule has 0 aliphatic heterocycles. The molecule has 0 atom stereocenters. The molecular formula is C20H23N3O3. The highest BCUT2D eigenvalue weighted by Crippen LogP contribution is 2.16. The number of methoxy groups -OCH3 is 1. The molecule has 0 spiro atoms. The van der Waals surface area contributed by atoms with Crippen LogP contribution in [0, 0.1) is 13.8 Å². The van der Waals surface area contributed by atoms with E-state index in [0.717, 1.165) is 22.4 Å². The summed E-state index contributed by atoms with van der Waals surface area (Å²) in [5, 5.41) is 6.72. The van der Waals surface area contributed by atoms with Crippen LogP contribution in [0.1, 0.15) is 29.5 Å². The molecule has 0 aromatic heterocycles. The lowest BCUT2D eigenvalue weighted by molar-refractivity contribution is -0.124. The van der Waals surface area contributed by atoms with Crippen LogP contribution >= 0.6 is 0 Å². The number of hydrazone groups is 1. The van der Waals surface area contributed by atoms with Gasteiger partial charge >= 0.3 is 0 Å². The Morgan fingerprint density at radius 2 is 1.85 bits per heavy atom. The Labute approximate surface area is 153 Å². The van der Waals surface area contributed by atoms with Crippen molar-refractivity contribution in [2.24, 2.45) is 5.10 Å². The van der Waals surface area contributed by atoms with Crippen molar-refractivity contribution in [1.82, 2.24) is 5.43 Å². The molecule has 0 aliphatic carbocycles. The molecule has 26 heavy (non-hydrogen) atoms. The molecule has 0 fully saturated rings. The van der Waals surface area contributed by atoms with Crippen molar-refractivity contribution in [2.75, 3.05) is 12.4 Å². The second-order valence-electron chi connectivity index (χ2n) is 5.94. The highest BCUT2D eigenvalue weighted by atomic mass is 16.5. The fraction of sp³-hybridized carbons (Fsp3) is 0.250. The van der Waals surface area contributed by atoms with Crippen molar-refractivity contribution in [3.63, 3.8) is 0 Å². The number of benzene rings is 2. The first kappa shape index (κ1) is 19.2. The highest BCUT2D eigenvalue weighted by molar-refractivity contribution is 5.94. The molecule has 6 nitrogen and oxygen atoms in total. The Hall–Kier alpha value is -3.15. The van der Waals surface area contributed by atoms with Gasteiger partial charge in [0.1, 0.15) is 5.75 Å². The third-order valence-electron chi connectivity index (χ3n) is 3.74. The maximum Gasteiger partial charge on any atom is 0.240 e. The molecule has 0 radical (unpaired) electrons. The van der Waals surface area contributed by atoms with Crippen LogP contribution in [0.2, 0.25) is 0 Å². The van der Waals surface area contributed by atoms with Gasteiger partial charge in [0, 0.05) is 18.5 Å². The van der Waals surface area contributed by atoms with E-state index in [2.05, 4.69) is 15.8 Å². The number of aryl methyl sites for hydroxylation is 2. The molecule has 0 heterocycles. The minimum Gasteiger partial charge on any atom is -0.497 e. The van der Waals surface area contributed by atoms with Crippen molar-refractivity contribution in [2.45, 2.75) is 26.7 Å². The molecule has 2 aromatic carbocycles. The van der Waals surface area contributed by atoms with Gasteiger partial charge in [-0.15, -0.1) is 0 Å². The molecule has 0 unspecified atom stereocenters. The monoisotopic (exact) mass is 353 g/mol. The smallest absolute Gasteiger partial charge is 0.240 e. The van der Waals surface area contributed by atoms with E-state index in [-0.39, 0.29) is 24.7 Å². The summed E-state index contributed by atoms with van der Waals surface area (Å²) in [6.45, 7) is 3.89. The fourth-order valence-corrected chi connectivity index (χ4v) is 2.27. The molecule has 136 valence electrons. The van der Waals surface area contributed by atoms with Crippen molar-refractivity contribution in [1.29, 1.82) is 0 Å². The molecule has 2 amide bonds. The molecular weight excluding hydrogens is 330 g/mol. The van der Waals surface area contributed by atoms with E-state index in [4.69, 9.17) is 4.74 Å². The first-order valence-corrected chi connectivity index (χ1v) is 8.31. The number of carbonyl (C=O) groups excluding carboxylic acids is 2. The van der Waals surface area contributed by atoms with Crippen molar-refractivity contribution >= 4 is 23.7 Å². The lowest BCUT2D eigenvalue weighted by Gasteiger charge is -2.09. The highest BCUT2D eigenvalue weighted by Gasteiger charge is 2.08. The van der Waals surface area contributed by atoms with Crippen LogP contribution in [0.4, 0.5) is 5.69 Å². The molecule has 2 rings (SSSR count). The number of amides is 2. The van der Waals surface area contributed by atoms with Crippen LogP contribution in [0.3, 0.4) is 0 Å². The van der Waals surface area contributed by atoms with Gasteiger partial charge in [0.05, 0.1) is 13.3 Å². The lowest BCUT2D eigenvalue weighted by Crippen LogP contribution is -2.20. The largest absolute Gasteiger partial charge is 0.497 e. The normalized spacial score (nSPS) is 10.6. The second kappa shape index (κ2) is 9.36. The van der Waals surface area contributed by atoms with E-state index in [1.165, 1.54) is 6.21 Å². The Morgan fingerprint density at radius 1 is 1.08 bits per heavy atom. The van der Waals surface area contributed by atoms with Crippen LogP contribution in [0.25, 0.3) is 0 Å². The SMILES string of the molecule is COc1cccc(/C=N/NC(=O)CCC(=O)Nc2cc(C)ccc2C)c1. The zero-order valence-electron chi connectivity index (χ0n) is 15.2. The van der Waals surface area contributed by atoms with Crippen LogP contribution in [-0.4, -0.2) is 25.1 Å². The van der Waals surface area contributed by atoms with Crippen molar-refractivity contribution < 1.29 is 14.3 Å². The molecule has 0 bridgehead atoms. The van der Waals surface area contributed by atoms with Crippen LogP contribution < -0.4 is 15.5 Å². The third kappa shape index (κ3) is 6.05. The van der Waals surface area contributed by atoms with Gasteiger partial charge in [-0.2, -0.15) is 5.10 Å². The molecule has 2 aromatic rings. The van der Waals surface area contributed by atoms with Gasteiger partial charge in [-0.05, 0) is 48.7 Å². The van der Waals surface area contributed by atoms with Gasteiger partial charge < -0.3 is 10.1 Å². The Balaban J connectivity index is 1.78. The average molecular weight is 353 g/mol. The van der Waals surface area contributed by atoms with Gasteiger partial charge in [0.15, 0.2) is 0 Å². The molecule has 2 N–H and O–H groups in total. The zero-order chi connectivity index (χ0) is 18.9. The standard InChI is InChI=1S/C20H23N3O3/c1-14-7-8-15(2)18(11-14)22-19(24)9-10-20(25)23-21-13-16-5-4-6-17(12-16)26-3/h4-8,11-13H,9-10H2,1-3H3,(H,22,24)(H,23,25)/b21-13+. The molecule has 6 heteroatoms. The molecule has 0 saturated carbocycles. The average Bonchev–Trinajstić information content (AvgIpc) is 2.63.